The van der Waals surface area contributed by atoms with E-state index >= 15 is 0 Å². The van der Waals surface area contributed by atoms with Crippen molar-refractivity contribution in [3.05, 3.63) is 89.7 Å². The second-order valence-electron chi connectivity index (χ2n) is 7.31. The van der Waals surface area contributed by atoms with E-state index in [-0.39, 0.29) is 12.4 Å². The zero-order valence-corrected chi connectivity index (χ0v) is 17.0. The molecule has 0 spiro atoms. The van der Waals surface area contributed by atoms with E-state index in [0.29, 0.717) is 28.4 Å². The Morgan fingerprint density at radius 1 is 1.06 bits per heavy atom. The molecule has 1 aliphatic carbocycles. The van der Waals surface area contributed by atoms with Gasteiger partial charge in [0.15, 0.2) is 0 Å². The Labute approximate surface area is 181 Å². The van der Waals surface area contributed by atoms with E-state index in [1.54, 1.807) is 6.07 Å². The highest BCUT2D eigenvalue weighted by Crippen LogP contribution is 2.32. The van der Waals surface area contributed by atoms with E-state index in [2.05, 4.69) is 12.2 Å². The number of hydrogen-bond acceptors (Lipinski definition) is 5. The molecule has 2 aromatic carbocycles. The maximum atomic E-state index is 9.45. The van der Waals surface area contributed by atoms with E-state index in [1.807, 2.05) is 54.6 Å². The Bertz CT molecular complexity index is 1180. The third-order valence-corrected chi connectivity index (χ3v) is 5.05. The van der Waals surface area contributed by atoms with Gasteiger partial charge in [-0.05, 0) is 67.0 Å². The van der Waals surface area contributed by atoms with Crippen LogP contribution >= 0.6 is 0 Å². The lowest BCUT2D eigenvalue weighted by atomic mass is 10.00. The quantitative estimate of drug-likeness (QED) is 0.354. The van der Waals surface area contributed by atoms with E-state index in [9.17, 15) is 5.11 Å². The first kappa shape index (κ1) is 20.4. The molecule has 31 heavy (non-hydrogen) atoms. The molecule has 0 saturated carbocycles. The molecule has 0 fully saturated rings. The van der Waals surface area contributed by atoms with Crippen molar-refractivity contribution in [2.45, 2.75) is 19.4 Å². The van der Waals surface area contributed by atoms with Gasteiger partial charge in [0.05, 0.1) is 23.6 Å². The number of benzene rings is 2. The Morgan fingerprint density at radius 2 is 1.87 bits per heavy atom. The molecule has 0 bridgehead atoms. The molecule has 6 heteroatoms. The lowest BCUT2D eigenvalue weighted by Gasteiger charge is -2.15. The highest BCUT2D eigenvalue weighted by atomic mass is 16.5. The van der Waals surface area contributed by atoms with Gasteiger partial charge in [-0.15, -0.1) is 0 Å². The second-order valence-corrected chi connectivity index (χ2v) is 7.31. The smallest absolute Gasteiger partial charge is 0.127 e. The van der Waals surface area contributed by atoms with Crippen LogP contribution in [0, 0.1) is 5.41 Å². The van der Waals surface area contributed by atoms with Crippen LogP contribution in [0.5, 0.6) is 5.75 Å². The molecule has 0 unspecified atom stereocenters. The SMILES string of the molecule is N=C(N)c1c(N)cc(-c2cccc(CO)c2)nc1-c1ccc(OC2=CCCC=C2)cc1. The summed E-state index contributed by atoms with van der Waals surface area (Å²) in [5.41, 5.74) is 16.4. The number of amidine groups is 1. The van der Waals surface area contributed by atoms with Crippen LogP contribution in [-0.2, 0) is 6.61 Å². The average Bonchev–Trinajstić information content (AvgIpc) is 2.79. The Balaban J connectivity index is 1.73. The number of nitrogens with one attached hydrogen (secondary N) is 1. The molecular weight excluding hydrogens is 388 g/mol. The fourth-order valence-electron chi connectivity index (χ4n) is 3.52. The van der Waals surface area contributed by atoms with Gasteiger partial charge >= 0.3 is 0 Å². The molecule has 0 atom stereocenters. The number of aliphatic hydroxyl groups is 1. The van der Waals surface area contributed by atoms with Gasteiger partial charge in [-0.1, -0.05) is 24.3 Å². The predicted octanol–water partition coefficient (Wildman–Crippen LogP) is 4.39. The van der Waals surface area contributed by atoms with Crippen molar-refractivity contribution in [1.29, 1.82) is 5.41 Å². The first-order valence-electron chi connectivity index (χ1n) is 10.0. The maximum Gasteiger partial charge on any atom is 0.127 e. The summed E-state index contributed by atoms with van der Waals surface area (Å²) in [6.45, 7) is -0.0607. The van der Waals surface area contributed by atoms with Crippen LogP contribution in [0.1, 0.15) is 24.0 Å². The van der Waals surface area contributed by atoms with Gasteiger partial charge in [0, 0.05) is 16.8 Å². The number of aliphatic hydroxyl groups excluding tert-OH is 1. The lowest BCUT2D eigenvalue weighted by Crippen LogP contribution is -2.16. The van der Waals surface area contributed by atoms with Crippen LogP contribution in [0.4, 0.5) is 5.69 Å². The predicted molar refractivity (Wildman–Crippen MR) is 124 cm³/mol. The third kappa shape index (κ3) is 4.49. The molecule has 0 saturated heterocycles. The topological polar surface area (TPSA) is 118 Å². The minimum absolute atomic E-state index is 0.0607. The molecule has 4 rings (SSSR count). The second kappa shape index (κ2) is 8.85. The zero-order chi connectivity index (χ0) is 21.8. The van der Waals surface area contributed by atoms with Crippen LogP contribution in [0.15, 0.2) is 78.6 Å². The molecule has 0 amide bonds. The van der Waals surface area contributed by atoms with Crippen LogP contribution in [0.3, 0.4) is 0 Å². The number of pyridine rings is 1. The van der Waals surface area contributed by atoms with Crippen molar-refractivity contribution in [2.75, 3.05) is 5.73 Å². The normalized spacial score (nSPS) is 13.0. The molecule has 0 aliphatic heterocycles. The summed E-state index contributed by atoms with van der Waals surface area (Å²) in [4.78, 5) is 4.77. The molecule has 1 aliphatic rings. The van der Waals surface area contributed by atoms with Crippen molar-refractivity contribution >= 4 is 11.5 Å². The van der Waals surface area contributed by atoms with Crippen LogP contribution in [0.2, 0.25) is 0 Å². The van der Waals surface area contributed by atoms with E-state index in [1.165, 1.54) is 0 Å². The third-order valence-electron chi connectivity index (χ3n) is 5.05. The summed E-state index contributed by atoms with van der Waals surface area (Å²) in [7, 11) is 0. The average molecular weight is 412 g/mol. The Hall–Kier alpha value is -3.90. The number of hydrogen-bond donors (Lipinski definition) is 4. The van der Waals surface area contributed by atoms with Crippen molar-refractivity contribution in [2.24, 2.45) is 5.73 Å². The van der Waals surface area contributed by atoms with E-state index < -0.39 is 0 Å². The maximum absolute atomic E-state index is 9.45. The summed E-state index contributed by atoms with van der Waals surface area (Å²) < 4.78 is 5.90. The van der Waals surface area contributed by atoms with Gasteiger partial charge in [0.25, 0.3) is 0 Å². The number of rotatable bonds is 6. The van der Waals surface area contributed by atoms with Crippen LogP contribution in [0.25, 0.3) is 22.5 Å². The highest BCUT2D eigenvalue weighted by molar-refractivity contribution is 6.05. The van der Waals surface area contributed by atoms with Gasteiger partial charge in [-0.3, -0.25) is 5.41 Å². The minimum Gasteiger partial charge on any atom is -0.458 e. The Morgan fingerprint density at radius 3 is 2.55 bits per heavy atom. The summed E-state index contributed by atoms with van der Waals surface area (Å²) in [5.74, 6) is 1.40. The van der Waals surface area contributed by atoms with Crippen LogP contribution < -0.4 is 16.2 Å². The Kier molecular flexibility index (Phi) is 5.82. The number of allylic oxidation sites excluding steroid dienone is 3. The highest BCUT2D eigenvalue weighted by Gasteiger charge is 2.16. The number of anilines is 1. The molecule has 0 radical (unpaired) electrons. The summed E-state index contributed by atoms with van der Waals surface area (Å²) in [6.07, 6.45) is 8.13. The standard InChI is InChI=1S/C25H24N4O2/c26-21-14-22(18-6-4-5-16(13-18)15-30)29-24(23(21)25(27)28)17-9-11-20(12-10-17)31-19-7-2-1-3-8-19/h2,4-14,30H,1,3,15H2,(H2,26,29)(H3,27,28). The van der Waals surface area contributed by atoms with Crippen molar-refractivity contribution < 1.29 is 9.84 Å². The molecule has 3 aromatic rings. The molecule has 6 nitrogen and oxygen atoms in total. The van der Waals surface area contributed by atoms with E-state index in [4.69, 9.17) is 26.6 Å². The molecule has 156 valence electrons. The number of aromatic nitrogens is 1. The lowest BCUT2D eigenvalue weighted by molar-refractivity contribution is 0.282. The molecule has 6 N–H and O–H groups in total. The number of nitrogens with zero attached hydrogens (tertiary/aromatic N) is 1. The zero-order valence-electron chi connectivity index (χ0n) is 17.0. The first-order chi connectivity index (χ1) is 15.0. The number of nitrogen functional groups attached to an aromatic ring is 2. The van der Waals surface area contributed by atoms with Gasteiger partial charge < -0.3 is 21.3 Å². The largest absolute Gasteiger partial charge is 0.458 e. The molecule has 1 heterocycles. The number of ether oxygens (including phenoxy) is 1. The van der Waals surface area contributed by atoms with Crippen molar-refractivity contribution in [3.8, 4) is 28.3 Å². The van der Waals surface area contributed by atoms with Gasteiger partial charge in [-0.2, -0.15) is 0 Å². The van der Waals surface area contributed by atoms with Gasteiger partial charge in [-0.25, -0.2) is 4.98 Å². The molecular formula is C25H24N4O2. The molecule has 1 aromatic heterocycles. The fraction of sp³-hybridized carbons (Fsp3) is 0.120. The van der Waals surface area contributed by atoms with Crippen molar-refractivity contribution in [1.82, 2.24) is 4.98 Å². The van der Waals surface area contributed by atoms with Crippen molar-refractivity contribution in [3.63, 3.8) is 0 Å². The van der Waals surface area contributed by atoms with E-state index in [0.717, 1.165) is 35.3 Å². The van der Waals surface area contributed by atoms with Crippen LogP contribution in [-0.4, -0.2) is 15.9 Å². The summed E-state index contributed by atoms with van der Waals surface area (Å²) >= 11 is 0. The fourth-order valence-corrected chi connectivity index (χ4v) is 3.52. The summed E-state index contributed by atoms with van der Waals surface area (Å²) in [6, 6.07) is 16.7. The monoisotopic (exact) mass is 412 g/mol. The number of nitrogens with two attached hydrogens (primary N) is 2. The first-order valence-corrected chi connectivity index (χ1v) is 10.0. The summed E-state index contributed by atoms with van der Waals surface area (Å²) in [5, 5.41) is 17.4. The van der Waals surface area contributed by atoms with Gasteiger partial charge in [0.2, 0.25) is 0 Å². The van der Waals surface area contributed by atoms with Gasteiger partial charge in [0.1, 0.15) is 17.3 Å². The minimum atomic E-state index is -0.145.